The highest BCUT2D eigenvalue weighted by Crippen LogP contribution is 2.53. The van der Waals surface area contributed by atoms with Gasteiger partial charge in [0.15, 0.2) is 0 Å². The number of alkyl carbamates (subject to hydrolysis) is 1. The summed E-state index contributed by atoms with van der Waals surface area (Å²) >= 11 is 0. The third-order valence-electron chi connectivity index (χ3n) is 6.83. The number of benzene rings is 1. The molecule has 4 saturated carbocycles. The normalized spacial score (nSPS) is 31.2. The molecule has 4 aliphatic rings. The molecule has 29 heavy (non-hydrogen) atoms. The molecule has 5 nitrogen and oxygen atoms in total. The molecule has 0 saturated heterocycles. The lowest BCUT2D eigenvalue weighted by atomic mass is 9.54. The van der Waals surface area contributed by atoms with Crippen LogP contribution in [0.15, 0.2) is 30.3 Å². The maximum atomic E-state index is 13.3. The summed E-state index contributed by atoms with van der Waals surface area (Å²) in [5.74, 6) is 2.86. The highest BCUT2D eigenvalue weighted by atomic mass is 16.6. The SMILES string of the molecule is CC(C)(C)OC(=O)N[C@@H](Cc1ccccc1)C(=O)NC1C2CC3CC(C2)CC1C3. The molecule has 4 aliphatic carbocycles. The Bertz CT molecular complexity index is 712. The van der Waals surface area contributed by atoms with Crippen molar-refractivity contribution in [2.45, 2.75) is 77.0 Å². The van der Waals surface area contributed by atoms with Crippen LogP contribution in [0.3, 0.4) is 0 Å². The molecule has 2 N–H and O–H groups in total. The smallest absolute Gasteiger partial charge is 0.408 e. The van der Waals surface area contributed by atoms with Gasteiger partial charge in [0.1, 0.15) is 11.6 Å². The Morgan fingerprint density at radius 3 is 2.14 bits per heavy atom. The number of hydrogen-bond donors (Lipinski definition) is 2. The molecule has 0 unspecified atom stereocenters. The number of ether oxygens (including phenoxy) is 1. The van der Waals surface area contributed by atoms with Crippen LogP contribution in [0, 0.1) is 23.7 Å². The highest BCUT2D eigenvalue weighted by molar-refractivity contribution is 5.86. The van der Waals surface area contributed by atoms with E-state index in [0.29, 0.717) is 18.3 Å². The second kappa shape index (κ2) is 8.00. The number of nitrogens with one attached hydrogen (secondary N) is 2. The molecule has 5 rings (SSSR count). The molecule has 1 aromatic carbocycles. The molecule has 4 fully saturated rings. The summed E-state index contributed by atoms with van der Waals surface area (Å²) in [6.45, 7) is 5.48. The molecule has 2 amide bonds. The lowest BCUT2D eigenvalue weighted by Gasteiger charge is -2.54. The first-order valence-corrected chi connectivity index (χ1v) is 11.1. The van der Waals surface area contributed by atoms with E-state index >= 15 is 0 Å². The van der Waals surface area contributed by atoms with Gasteiger partial charge >= 0.3 is 6.09 Å². The molecule has 0 aromatic heterocycles. The Balaban J connectivity index is 1.44. The van der Waals surface area contributed by atoms with Gasteiger partial charge in [-0.1, -0.05) is 30.3 Å². The van der Waals surface area contributed by atoms with E-state index in [2.05, 4.69) is 10.6 Å². The van der Waals surface area contributed by atoms with Crippen molar-refractivity contribution < 1.29 is 14.3 Å². The van der Waals surface area contributed by atoms with Crippen molar-refractivity contribution in [1.29, 1.82) is 0 Å². The Labute approximate surface area is 174 Å². The summed E-state index contributed by atoms with van der Waals surface area (Å²) in [6, 6.07) is 9.46. The van der Waals surface area contributed by atoms with Crippen LogP contribution >= 0.6 is 0 Å². The predicted molar refractivity (Wildman–Crippen MR) is 112 cm³/mol. The molecule has 5 heteroatoms. The highest BCUT2D eigenvalue weighted by Gasteiger charge is 2.49. The summed E-state index contributed by atoms with van der Waals surface area (Å²) in [7, 11) is 0. The predicted octanol–water partition coefficient (Wildman–Crippen LogP) is 4.06. The summed E-state index contributed by atoms with van der Waals surface area (Å²) in [6.07, 6.45) is 6.31. The van der Waals surface area contributed by atoms with E-state index in [-0.39, 0.29) is 11.9 Å². The van der Waals surface area contributed by atoms with Crippen LogP contribution in [0.5, 0.6) is 0 Å². The zero-order chi connectivity index (χ0) is 20.6. The first-order valence-electron chi connectivity index (χ1n) is 11.1. The molecule has 0 radical (unpaired) electrons. The fraction of sp³-hybridized carbons (Fsp3) is 0.667. The first kappa shape index (κ1) is 20.2. The quantitative estimate of drug-likeness (QED) is 0.786. The molecular weight excluding hydrogens is 364 g/mol. The molecule has 0 heterocycles. The molecule has 1 aromatic rings. The van der Waals surface area contributed by atoms with Crippen LogP contribution in [0.4, 0.5) is 4.79 Å². The van der Waals surface area contributed by atoms with Crippen molar-refractivity contribution >= 4 is 12.0 Å². The average Bonchev–Trinajstić information content (AvgIpc) is 2.62. The van der Waals surface area contributed by atoms with Gasteiger partial charge in [-0.2, -0.15) is 0 Å². The van der Waals surface area contributed by atoms with E-state index < -0.39 is 17.7 Å². The fourth-order valence-electron chi connectivity index (χ4n) is 5.93. The van der Waals surface area contributed by atoms with E-state index in [1.807, 2.05) is 51.1 Å². The Kier molecular flexibility index (Phi) is 5.58. The van der Waals surface area contributed by atoms with Gasteiger partial charge in [-0.3, -0.25) is 4.79 Å². The summed E-state index contributed by atoms with van der Waals surface area (Å²) in [4.78, 5) is 25.6. The van der Waals surface area contributed by atoms with Crippen molar-refractivity contribution in [2.24, 2.45) is 23.7 Å². The Morgan fingerprint density at radius 2 is 1.59 bits per heavy atom. The zero-order valence-corrected chi connectivity index (χ0v) is 17.8. The number of carbonyl (C=O) groups excluding carboxylic acids is 2. The standard InChI is InChI=1S/C24H34N2O3/c1-24(2,3)29-23(28)25-20(14-15-7-5-4-6-8-15)22(27)26-21-18-10-16-9-17(12-18)13-19(21)11-16/h4-8,16-21H,9-14H2,1-3H3,(H,25,28)(H,26,27)/t16?,17?,18?,19?,20-,21?/m0/s1. The van der Waals surface area contributed by atoms with E-state index in [9.17, 15) is 9.59 Å². The molecule has 0 aliphatic heterocycles. The molecule has 1 atom stereocenters. The zero-order valence-electron chi connectivity index (χ0n) is 17.8. The lowest BCUT2D eigenvalue weighted by Crippen LogP contribution is -2.59. The maximum Gasteiger partial charge on any atom is 0.408 e. The van der Waals surface area contributed by atoms with E-state index in [1.165, 1.54) is 32.1 Å². The van der Waals surface area contributed by atoms with Crippen LogP contribution < -0.4 is 10.6 Å². The van der Waals surface area contributed by atoms with Crippen LogP contribution in [-0.4, -0.2) is 29.7 Å². The number of carbonyl (C=O) groups is 2. The number of rotatable bonds is 5. The maximum absolute atomic E-state index is 13.3. The van der Waals surface area contributed by atoms with Crippen LogP contribution in [-0.2, 0) is 16.0 Å². The van der Waals surface area contributed by atoms with Crippen molar-refractivity contribution in [3.05, 3.63) is 35.9 Å². The average molecular weight is 399 g/mol. The van der Waals surface area contributed by atoms with E-state index in [4.69, 9.17) is 4.74 Å². The van der Waals surface area contributed by atoms with Gasteiger partial charge in [-0.05, 0) is 82.1 Å². The van der Waals surface area contributed by atoms with Gasteiger partial charge in [-0.15, -0.1) is 0 Å². The first-order chi connectivity index (χ1) is 13.8. The monoisotopic (exact) mass is 398 g/mol. The minimum Gasteiger partial charge on any atom is -0.444 e. The van der Waals surface area contributed by atoms with Gasteiger partial charge < -0.3 is 15.4 Å². The van der Waals surface area contributed by atoms with E-state index in [1.54, 1.807) is 0 Å². The molecule has 158 valence electrons. The van der Waals surface area contributed by atoms with Gasteiger partial charge in [-0.25, -0.2) is 4.79 Å². The largest absolute Gasteiger partial charge is 0.444 e. The van der Waals surface area contributed by atoms with E-state index in [0.717, 1.165) is 17.4 Å². The van der Waals surface area contributed by atoms with Crippen molar-refractivity contribution in [2.75, 3.05) is 0 Å². The molecule has 0 spiro atoms. The topological polar surface area (TPSA) is 67.4 Å². The molecule has 4 bridgehead atoms. The number of amides is 2. The minimum absolute atomic E-state index is 0.0859. The third kappa shape index (κ3) is 4.93. The van der Waals surface area contributed by atoms with Gasteiger partial charge in [0.2, 0.25) is 5.91 Å². The van der Waals surface area contributed by atoms with Gasteiger partial charge in [0.05, 0.1) is 0 Å². The third-order valence-corrected chi connectivity index (χ3v) is 6.83. The fourth-order valence-corrected chi connectivity index (χ4v) is 5.93. The minimum atomic E-state index is -0.635. The van der Waals surface area contributed by atoms with Crippen molar-refractivity contribution in [3.8, 4) is 0 Å². The Hall–Kier alpha value is -2.04. The van der Waals surface area contributed by atoms with Crippen molar-refractivity contribution in [3.63, 3.8) is 0 Å². The van der Waals surface area contributed by atoms with Crippen LogP contribution in [0.1, 0.15) is 58.4 Å². The van der Waals surface area contributed by atoms with Gasteiger partial charge in [0.25, 0.3) is 0 Å². The number of hydrogen-bond acceptors (Lipinski definition) is 3. The Morgan fingerprint density at radius 1 is 1.00 bits per heavy atom. The second-order valence-corrected chi connectivity index (χ2v) is 10.4. The van der Waals surface area contributed by atoms with Crippen LogP contribution in [0.2, 0.25) is 0 Å². The summed E-state index contributed by atoms with van der Waals surface area (Å²) in [5, 5.41) is 6.16. The lowest BCUT2D eigenvalue weighted by molar-refractivity contribution is -0.127. The summed E-state index contributed by atoms with van der Waals surface area (Å²) < 4.78 is 5.41. The van der Waals surface area contributed by atoms with Crippen LogP contribution in [0.25, 0.3) is 0 Å². The van der Waals surface area contributed by atoms with Gasteiger partial charge in [0, 0.05) is 12.5 Å². The summed E-state index contributed by atoms with van der Waals surface area (Å²) in [5.41, 5.74) is 0.424. The van der Waals surface area contributed by atoms with Crippen molar-refractivity contribution in [1.82, 2.24) is 10.6 Å². The molecular formula is C24H34N2O3. The second-order valence-electron chi connectivity index (χ2n) is 10.4.